The number of hydrogen-bond donors (Lipinski definition) is 1. The Kier molecular flexibility index (Phi) is 4.38. The Morgan fingerprint density at radius 2 is 2.16 bits per heavy atom. The number of rotatable bonds is 3. The molecule has 2 aliphatic heterocycles. The van der Waals surface area contributed by atoms with E-state index < -0.39 is 0 Å². The molecule has 5 aliphatic rings. The van der Waals surface area contributed by atoms with E-state index in [9.17, 15) is 4.79 Å². The van der Waals surface area contributed by atoms with Crippen molar-refractivity contribution in [3.05, 3.63) is 59.5 Å². The fourth-order valence-electron chi connectivity index (χ4n) is 7.39. The van der Waals surface area contributed by atoms with E-state index in [1.165, 1.54) is 17.6 Å². The summed E-state index contributed by atoms with van der Waals surface area (Å²) >= 11 is 0. The molecule has 0 unspecified atom stereocenters. The van der Waals surface area contributed by atoms with E-state index in [1.54, 1.807) is 12.4 Å². The van der Waals surface area contributed by atoms with Crippen molar-refractivity contribution in [3.63, 3.8) is 0 Å². The second kappa shape index (κ2) is 6.88. The zero-order valence-electron chi connectivity index (χ0n) is 19.4. The highest BCUT2D eigenvalue weighted by molar-refractivity contribution is 6.05. The minimum atomic E-state index is -0.252. The molecule has 1 N–H and O–H groups in total. The van der Waals surface area contributed by atoms with Crippen molar-refractivity contribution < 1.29 is 9.53 Å². The molecule has 2 spiro atoms. The molecule has 1 aromatic rings. The molecule has 2 fully saturated rings. The molecule has 168 valence electrons. The van der Waals surface area contributed by atoms with Crippen LogP contribution >= 0.6 is 0 Å². The molecule has 0 radical (unpaired) electrons. The van der Waals surface area contributed by atoms with Gasteiger partial charge in [-0.15, -0.1) is 0 Å². The molecule has 5 nitrogen and oxygen atoms in total. The molecule has 1 aromatic heterocycles. The number of ether oxygens (including phenoxy) is 1. The van der Waals surface area contributed by atoms with Crippen LogP contribution in [0.2, 0.25) is 0 Å². The van der Waals surface area contributed by atoms with Crippen LogP contribution in [0.5, 0.6) is 0 Å². The van der Waals surface area contributed by atoms with Crippen LogP contribution in [0.3, 0.4) is 0 Å². The van der Waals surface area contributed by atoms with Gasteiger partial charge < -0.3 is 15.0 Å². The van der Waals surface area contributed by atoms with E-state index in [-0.39, 0.29) is 22.5 Å². The molecule has 5 heteroatoms. The molecule has 5 atom stereocenters. The molecular formula is C27H33N3O2. The van der Waals surface area contributed by atoms with Crippen LogP contribution in [-0.2, 0) is 9.53 Å². The van der Waals surface area contributed by atoms with Crippen LogP contribution in [0, 0.1) is 11.3 Å². The maximum absolute atomic E-state index is 13.3. The summed E-state index contributed by atoms with van der Waals surface area (Å²) in [6, 6.07) is 4.31. The lowest BCUT2D eigenvalue weighted by atomic mass is 9.59. The van der Waals surface area contributed by atoms with E-state index in [0.717, 1.165) is 49.8 Å². The van der Waals surface area contributed by atoms with Crippen molar-refractivity contribution >= 4 is 11.6 Å². The van der Waals surface area contributed by atoms with Gasteiger partial charge in [0.1, 0.15) is 0 Å². The summed E-state index contributed by atoms with van der Waals surface area (Å²) in [7, 11) is 4.39. The van der Waals surface area contributed by atoms with Crippen molar-refractivity contribution in [1.29, 1.82) is 0 Å². The number of allylic oxidation sites excluding steroid dienone is 2. The number of pyridine rings is 1. The first-order valence-corrected chi connectivity index (χ1v) is 12.1. The maximum Gasteiger partial charge on any atom is 0.251 e. The predicted molar refractivity (Wildman–Crippen MR) is 125 cm³/mol. The van der Waals surface area contributed by atoms with E-state index in [2.05, 4.69) is 54.4 Å². The van der Waals surface area contributed by atoms with Crippen molar-refractivity contribution in [2.45, 2.75) is 69.1 Å². The summed E-state index contributed by atoms with van der Waals surface area (Å²) in [5.74, 6) is 0.308. The van der Waals surface area contributed by atoms with Gasteiger partial charge in [-0.05, 0) is 82.3 Å². The fraction of sp³-hybridized carbons (Fsp3) is 0.556. The first-order chi connectivity index (χ1) is 15.4. The number of nitrogens with one attached hydrogen (secondary N) is 1. The maximum atomic E-state index is 13.3. The van der Waals surface area contributed by atoms with Gasteiger partial charge in [0.05, 0.1) is 23.1 Å². The van der Waals surface area contributed by atoms with E-state index in [0.29, 0.717) is 12.0 Å². The van der Waals surface area contributed by atoms with Crippen LogP contribution in [0.4, 0.5) is 5.69 Å². The lowest BCUT2D eigenvalue weighted by Crippen LogP contribution is -2.55. The zero-order chi connectivity index (χ0) is 22.1. The van der Waals surface area contributed by atoms with Gasteiger partial charge in [-0.1, -0.05) is 25.2 Å². The van der Waals surface area contributed by atoms with Gasteiger partial charge in [-0.25, -0.2) is 0 Å². The summed E-state index contributed by atoms with van der Waals surface area (Å²) < 4.78 is 7.25. The van der Waals surface area contributed by atoms with Crippen molar-refractivity contribution in [2.75, 3.05) is 19.4 Å². The number of carbonyl (C=O) groups excluding carboxylic acids is 1. The van der Waals surface area contributed by atoms with Crippen LogP contribution in [0.15, 0.2) is 59.5 Å². The number of anilines is 1. The van der Waals surface area contributed by atoms with Gasteiger partial charge in [-0.3, -0.25) is 9.78 Å². The number of amides is 1. The Bertz CT molecular complexity index is 1060. The monoisotopic (exact) mass is 431 g/mol. The van der Waals surface area contributed by atoms with Crippen LogP contribution < -0.4 is 5.32 Å². The first kappa shape index (κ1) is 20.4. The van der Waals surface area contributed by atoms with Crippen molar-refractivity contribution in [2.24, 2.45) is 11.3 Å². The SMILES string of the molecule is CN(C)[C@@H]1CCC2=CC3=CC[C@]4(C)C(C(=O)Nc5cccnc5)=CC[C@H]4[C@@]34CC[C@]2(C1)O4. The highest BCUT2D eigenvalue weighted by Gasteiger charge is 2.65. The second-order valence-electron chi connectivity index (χ2n) is 10.9. The molecule has 32 heavy (non-hydrogen) atoms. The Hall–Kier alpha value is -2.24. The van der Waals surface area contributed by atoms with E-state index >= 15 is 0 Å². The number of aromatic nitrogens is 1. The summed E-state index contributed by atoms with van der Waals surface area (Å²) in [6.45, 7) is 2.28. The van der Waals surface area contributed by atoms with Crippen molar-refractivity contribution in [1.82, 2.24) is 9.88 Å². The Balaban J connectivity index is 1.32. The average Bonchev–Trinajstić information content (AvgIpc) is 3.29. The lowest BCUT2D eigenvalue weighted by molar-refractivity contribution is -0.137. The number of hydrogen-bond acceptors (Lipinski definition) is 4. The average molecular weight is 432 g/mol. The van der Waals surface area contributed by atoms with Crippen LogP contribution in [0.1, 0.15) is 51.9 Å². The van der Waals surface area contributed by atoms with Gasteiger partial charge in [0.25, 0.3) is 5.91 Å². The molecule has 1 saturated heterocycles. The van der Waals surface area contributed by atoms with Gasteiger partial charge in [0.2, 0.25) is 0 Å². The molecule has 2 bridgehead atoms. The fourth-order valence-corrected chi connectivity index (χ4v) is 7.39. The summed E-state index contributed by atoms with van der Waals surface area (Å²) in [5, 5.41) is 3.07. The topological polar surface area (TPSA) is 54.5 Å². The Morgan fingerprint density at radius 1 is 1.28 bits per heavy atom. The normalized spacial score (nSPS) is 39.4. The molecule has 3 aliphatic carbocycles. The van der Waals surface area contributed by atoms with Gasteiger partial charge >= 0.3 is 0 Å². The first-order valence-electron chi connectivity index (χ1n) is 12.1. The smallest absolute Gasteiger partial charge is 0.251 e. The minimum Gasteiger partial charge on any atom is -0.359 e. The predicted octanol–water partition coefficient (Wildman–Crippen LogP) is 4.64. The minimum absolute atomic E-state index is 0.00124. The Morgan fingerprint density at radius 3 is 2.94 bits per heavy atom. The van der Waals surface area contributed by atoms with Crippen LogP contribution in [0.25, 0.3) is 0 Å². The van der Waals surface area contributed by atoms with Gasteiger partial charge in [0, 0.05) is 29.1 Å². The molecule has 6 rings (SSSR count). The number of carbonyl (C=O) groups is 1. The Labute approximate surface area is 190 Å². The lowest BCUT2D eigenvalue weighted by Gasteiger charge is -2.54. The van der Waals surface area contributed by atoms with E-state index in [4.69, 9.17) is 4.74 Å². The second-order valence-corrected chi connectivity index (χ2v) is 10.9. The van der Waals surface area contributed by atoms with E-state index in [1.807, 2.05) is 12.1 Å². The molecular weight excluding hydrogens is 398 g/mol. The van der Waals surface area contributed by atoms with Gasteiger partial charge in [0.15, 0.2) is 0 Å². The van der Waals surface area contributed by atoms with Crippen molar-refractivity contribution in [3.8, 4) is 0 Å². The molecule has 3 heterocycles. The third kappa shape index (κ3) is 2.70. The quantitative estimate of drug-likeness (QED) is 0.757. The molecule has 0 aromatic carbocycles. The standard InChI is InChI=1S/C27H33N3O2/c1-25-11-10-19-15-18-6-7-21(30(2)3)16-26(18)12-13-27(19,32-26)23(25)9-8-22(25)24(31)29-20-5-4-14-28-17-20/h4-5,8,10,14-15,17,21,23H,6-7,9,11-13,16H2,1-3H3,(H,29,31)/t21-,23-,25-,26-,27-/m1/s1. The highest BCUT2D eigenvalue weighted by Crippen LogP contribution is 2.66. The third-order valence-electron chi connectivity index (χ3n) is 9.14. The zero-order valence-corrected chi connectivity index (χ0v) is 19.4. The summed E-state index contributed by atoms with van der Waals surface area (Å²) in [6.07, 6.45) is 17.9. The largest absolute Gasteiger partial charge is 0.359 e. The number of nitrogens with zero attached hydrogens (tertiary/aromatic N) is 2. The van der Waals surface area contributed by atoms with Gasteiger partial charge in [-0.2, -0.15) is 0 Å². The highest BCUT2D eigenvalue weighted by atomic mass is 16.5. The summed E-state index contributed by atoms with van der Waals surface area (Å²) in [4.78, 5) is 19.8. The van der Waals surface area contributed by atoms with Crippen LogP contribution in [-0.4, -0.2) is 47.1 Å². The number of fused-ring (bicyclic) bond motifs is 1. The summed E-state index contributed by atoms with van der Waals surface area (Å²) in [5.41, 5.74) is 3.98. The molecule has 1 saturated carbocycles. The molecule has 1 amide bonds. The third-order valence-corrected chi connectivity index (χ3v) is 9.14.